The van der Waals surface area contributed by atoms with Crippen LogP contribution in [-0.4, -0.2) is 32.5 Å². The topological polar surface area (TPSA) is 64.6 Å². The zero-order valence-electron chi connectivity index (χ0n) is 11.6. The molecule has 1 amide bonds. The van der Waals surface area contributed by atoms with Gasteiger partial charge in [0.1, 0.15) is 6.29 Å². The van der Waals surface area contributed by atoms with E-state index >= 15 is 0 Å². The van der Waals surface area contributed by atoms with Crippen LogP contribution in [0, 0.1) is 5.92 Å². The maximum Gasteiger partial charge on any atom is 0.257 e. The average Bonchev–Trinajstić information content (AvgIpc) is 2.43. The number of carbonyl (C=O) groups excluding carboxylic acids is 2. The second-order valence-corrected chi connectivity index (χ2v) is 4.92. The fourth-order valence-electron chi connectivity index (χ4n) is 2.03. The highest BCUT2D eigenvalue weighted by Gasteiger charge is 2.18. The van der Waals surface area contributed by atoms with Crippen molar-refractivity contribution in [1.82, 2.24) is 5.32 Å². The number of benzene rings is 1. The predicted molar refractivity (Wildman–Crippen MR) is 74.2 cm³/mol. The van der Waals surface area contributed by atoms with E-state index in [2.05, 4.69) is 5.32 Å². The highest BCUT2D eigenvalue weighted by Crippen LogP contribution is 2.27. The van der Waals surface area contributed by atoms with Crippen molar-refractivity contribution in [2.45, 2.75) is 19.3 Å². The molecule has 1 aliphatic rings. The van der Waals surface area contributed by atoms with Crippen molar-refractivity contribution in [3.05, 3.63) is 23.8 Å². The molecule has 0 aliphatic heterocycles. The standard InChI is InChI=1S/C15H19NO4/c1-19-14-7-12(9-17)5-6-13(14)20-10-15(18)16-8-11-3-2-4-11/h5-7,9,11H,2-4,8,10H2,1H3,(H,16,18). The lowest BCUT2D eigenvalue weighted by atomic mass is 9.85. The first kappa shape index (κ1) is 14.4. The highest BCUT2D eigenvalue weighted by atomic mass is 16.5. The number of hydrogen-bond acceptors (Lipinski definition) is 4. The Kier molecular flexibility index (Phi) is 4.98. The minimum atomic E-state index is -0.140. The summed E-state index contributed by atoms with van der Waals surface area (Å²) >= 11 is 0. The molecule has 0 heterocycles. The number of carbonyl (C=O) groups is 2. The van der Waals surface area contributed by atoms with Crippen LogP contribution in [0.5, 0.6) is 11.5 Å². The van der Waals surface area contributed by atoms with E-state index in [0.717, 1.165) is 12.8 Å². The van der Waals surface area contributed by atoms with Crippen molar-refractivity contribution < 1.29 is 19.1 Å². The second-order valence-electron chi connectivity index (χ2n) is 4.92. The van der Waals surface area contributed by atoms with E-state index in [1.807, 2.05) is 0 Å². The highest BCUT2D eigenvalue weighted by molar-refractivity contribution is 5.78. The van der Waals surface area contributed by atoms with Crippen molar-refractivity contribution >= 4 is 12.2 Å². The third kappa shape index (κ3) is 3.73. The van der Waals surface area contributed by atoms with Crippen LogP contribution in [0.4, 0.5) is 0 Å². The Hall–Kier alpha value is -2.04. The lowest BCUT2D eigenvalue weighted by Crippen LogP contribution is -2.35. The molecule has 20 heavy (non-hydrogen) atoms. The van der Waals surface area contributed by atoms with Gasteiger partial charge in [-0.15, -0.1) is 0 Å². The maximum absolute atomic E-state index is 11.7. The Morgan fingerprint density at radius 1 is 1.40 bits per heavy atom. The van der Waals surface area contributed by atoms with Gasteiger partial charge in [-0.05, 0) is 37.0 Å². The zero-order valence-corrected chi connectivity index (χ0v) is 11.6. The smallest absolute Gasteiger partial charge is 0.257 e. The molecule has 1 fully saturated rings. The van der Waals surface area contributed by atoms with E-state index < -0.39 is 0 Å². The van der Waals surface area contributed by atoms with Gasteiger partial charge in [0.2, 0.25) is 0 Å². The van der Waals surface area contributed by atoms with Gasteiger partial charge in [0, 0.05) is 12.1 Å². The van der Waals surface area contributed by atoms with Gasteiger partial charge >= 0.3 is 0 Å². The predicted octanol–water partition coefficient (Wildman–Crippen LogP) is 1.80. The molecule has 1 aromatic rings. The molecule has 0 bridgehead atoms. The van der Waals surface area contributed by atoms with Crippen LogP contribution in [0.3, 0.4) is 0 Å². The summed E-state index contributed by atoms with van der Waals surface area (Å²) in [5.41, 5.74) is 0.503. The number of hydrogen-bond donors (Lipinski definition) is 1. The molecule has 1 N–H and O–H groups in total. The molecule has 0 unspecified atom stereocenters. The van der Waals surface area contributed by atoms with Crippen LogP contribution in [0.25, 0.3) is 0 Å². The molecule has 5 nitrogen and oxygen atoms in total. The van der Waals surface area contributed by atoms with Gasteiger partial charge in [-0.2, -0.15) is 0 Å². The quantitative estimate of drug-likeness (QED) is 0.772. The zero-order chi connectivity index (χ0) is 14.4. The summed E-state index contributed by atoms with van der Waals surface area (Å²) in [5.74, 6) is 1.39. The SMILES string of the molecule is COc1cc(C=O)ccc1OCC(=O)NCC1CCC1. The number of ether oxygens (including phenoxy) is 2. The molecule has 0 atom stereocenters. The molecule has 0 radical (unpaired) electrons. The van der Waals surface area contributed by atoms with Gasteiger partial charge in [-0.1, -0.05) is 6.42 Å². The first-order chi connectivity index (χ1) is 9.72. The van der Waals surface area contributed by atoms with E-state index in [-0.39, 0.29) is 12.5 Å². The number of nitrogens with one attached hydrogen (secondary N) is 1. The first-order valence-electron chi connectivity index (χ1n) is 6.75. The van der Waals surface area contributed by atoms with Gasteiger partial charge in [0.25, 0.3) is 5.91 Å². The molecule has 2 rings (SSSR count). The van der Waals surface area contributed by atoms with Crippen molar-refractivity contribution in [2.24, 2.45) is 5.92 Å². The number of methoxy groups -OCH3 is 1. The molecule has 108 valence electrons. The molecule has 1 saturated carbocycles. The maximum atomic E-state index is 11.7. The summed E-state index contributed by atoms with van der Waals surface area (Å²) in [6.07, 6.45) is 4.39. The minimum Gasteiger partial charge on any atom is -0.493 e. The van der Waals surface area contributed by atoms with Gasteiger partial charge in [-0.3, -0.25) is 9.59 Å². The molecular formula is C15H19NO4. The van der Waals surface area contributed by atoms with E-state index in [9.17, 15) is 9.59 Å². The van der Waals surface area contributed by atoms with E-state index in [1.54, 1.807) is 18.2 Å². The van der Waals surface area contributed by atoms with E-state index in [1.165, 1.54) is 26.4 Å². The molecule has 0 spiro atoms. The van der Waals surface area contributed by atoms with Crippen molar-refractivity contribution in [3.63, 3.8) is 0 Å². The third-order valence-electron chi connectivity index (χ3n) is 3.50. The van der Waals surface area contributed by atoms with E-state index in [4.69, 9.17) is 9.47 Å². The van der Waals surface area contributed by atoms with Crippen molar-refractivity contribution in [3.8, 4) is 11.5 Å². The normalized spacial score (nSPS) is 14.2. The molecule has 0 saturated heterocycles. The van der Waals surface area contributed by atoms with Gasteiger partial charge < -0.3 is 14.8 Å². The Morgan fingerprint density at radius 3 is 2.80 bits per heavy atom. The average molecular weight is 277 g/mol. The number of rotatable bonds is 7. The number of amides is 1. The van der Waals surface area contributed by atoms with Crippen LogP contribution in [0.1, 0.15) is 29.6 Å². The monoisotopic (exact) mass is 277 g/mol. The van der Waals surface area contributed by atoms with Crippen molar-refractivity contribution in [2.75, 3.05) is 20.3 Å². The van der Waals surface area contributed by atoms with Gasteiger partial charge in [-0.25, -0.2) is 0 Å². The van der Waals surface area contributed by atoms with Crippen LogP contribution in [0.15, 0.2) is 18.2 Å². The summed E-state index contributed by atoms with van der Waals surface area (Å²) in [5, 5.41) is 2.85. The Bertz CT molecular complexity index is 483. The Labute approximate surface area is 118 Å². The molecule has 5 heteroatoms. The minimum absolute atomic E-state index is 0.0521. The molecular weight excluding hydrogens is 258 g/mol. The lowest BCUT2D eigenvalue weighted by molar-refractivity contribution is -0.123. The van der Waals surface area contributed by atoms with Crippen LogP contribution in [0.2, 0.25) is 0 Å². The fraction of sp³-hybridized carbons (Fsp3) is 0.467. The lowest BCUT2D eigenvalue weighted by Gasteiger charge is -2.25. The van der Waals surface area contributed by atoms with Crippen LogP contribution >= 0.6 is 0 Å². The molecule has 1 aliphatic carbocycles. The summed E-state index contributed by atoms with van der Waals surface area (Å²) < 4.78 is 10.5. The largest absolute Gasteiger partial charge is 0.493 e. The van der Waals surface area contributed by atoms with Gasteiger partial charge in [0.15, 0.2) is 18.1 Å². The number of aldehydes is 1. The van der Waals surface area contributed by atoms with E-state index in [0.29, 0.717) is 23.0 Å². The molecule has 0 aromatic heterocycles. The molecule has 1 aromatic carbocycles. The summed E-state index contributed by atoms with van der Waals surface area (Å²) in [6, 6.07) is 4.83. The summed E-state index contributed by atoms with van der Waals surface area (Å²) in [7, 11) is 1.49. The first-order valence-corrected chi connectivity index (χ1v) is 6.75. The Morgan fingerprint density at radius 2 is 2.20 bits per heavy atom. The van der Waals surface area contributed by atoms with Gasteiger partial charge in [0.05, 0.1) is 7.11 Å². The summed E-state index contributed by atoms with van der Waals surface area (Å²) in [4.78, 5) is 22.3. The van der Waals surface area contributed by atoms with Crippen LogP contribution < -0.4 is 14.8 Å². The second kappa shape index (κ2) is 6.93. The Balaban J connectivity index is 1.82. The third-order valence-corrected chi connectivity index (χ3v) is 3.50. The van der Waals surface area contributed by atoms with Crippen molar-refractivity contribution in [1.29, 1.82) is 0 Å². The fourth-order valence-corrected chi connectivity index (χ4v) is 2.03. The summed E-state index contributed by atoms with van der Waals surface area (Å²) in [6.45, 7) is 0.674. The van der Waals surface area contributed by atoms with Crippen LogP contribution in [-0.2, 0) is 4.79 Å².